The number of fused-ring (bicyclic) bond motifs is 1. The number of carbonyl (C=O) groups excluding carboxylic acids is 1. The number of amides is 1. The third-order valence-electron chi connectivity index (χ3n) is 8.11. The molecule has 3 N–H and O–H groups in total. The van der Waals surface area contributed by atoms with Crippen LogP contribution in [-0.4, -0.2) is 54.4 Å². The minimum Gasteiger partial charge on any atom is -0.398 e. The number of rotatable bonds is 5. The van der Waals surface area contributed by atoms with Crippen LogP contribution in [0.3, 0.4) is 0 Å². The van der Waals surface area contributed by atoms with Crippen LogP contribution in [0.2, 0.25) is 5.02 Å². The van der Waals surface area contributed by atoms with Gasteiger partial charge in [0, 0.05) is 71.6 Å². The van der Waals surface area contributed by atoms with Crippen LogP contribution in [0.4, 0.5) is 5.69 Å². The molecule has 10 heteroatoms. The number of aryl methyl sites for hydroxylation is 2. The van der Waals surface area contributed by atoms with Gasteiger partial charge in [-0.15, -0.1) is 0 Å². The molecule has 1 aliphatic heterocycles. The van der Waals surface area contributed by atoms with Gasteiger partial charge >= 0.3 is 0 Å². The lowest BCUT2D eigenvalue weighted by molar-refractivity contribution is -0.149. The first-order valence-corrected chi connectivity index (χ1v) is 12.9. The summed E-state index contributed by atoms with van der Waals surface area (Å²) in [6.07, 6.45) is 8.06. The first-order chi connectivity index (χ1) is 18.2. The van der Waals surface area contributed by atoms with Crippen LogP contribution in [0.25, 0.3) is 33.5 Å². The van der Waals surface area contributed by atoms with E-state index < -0.39 is 0 Å². The van der Waals surface area contributed by atoms with Gasteiger partial charge in [0.2, 0.25) is 5.91 Å². The average molecular weight is 529 g/mol. The van der Waals surface area contributed by atoms with Crippen LogP contribution in [0, 0.1) is 24.7 Å². The second kappa shape index (κ2) is 8.52. The van der Waals surface area contributed by atoms with Crippen molar-refractivity contribution in [3.05, 3.63) is 59.2 Å². The molecule has 0 bridgehead atoms. The zero-order valence-electron chi connectivity index (χ0n) is 21.6. The number of pyridine rings is 1. The van der Waals surface area contributed by atoms with Crippen LogP contribution in [0.5, 0.6) is 0 Å². The quantitative estimate of drug-likeness (QED) is 0.221. The number of likely N-dealkylation sites (tertiary alicyclic amines) is 1. The summed E-state index contributed by atoms with van der Waals surface area (Å²) in [5, 5.41) is 13.8. The fourth-order valence-corrected chi connectivity index (χ4v) is 6.43. The molecule has 38 heavy (non-hydrogen) atoms. The van der Waals surface area contributed by atoms with Gasteiger partial charge in [-0.25, -0.2) is 9.97 Å². The van der Waals surface area contributed by atoms with E-state index in [-0.39, 0.29) is 17.4 Å². The standard InChI is InChI=1S/C28H29ClN8O/c1-5-22(38)36-12-28(13-36)8-18(9-28)37-16(3)23(24-19(10-30)20(31)6-15(2)25(24)29)26(34-37)17-7-21-27(32-11-17)35(4)14-33-21/h5-7,10-11,14,18,30H,1,8-9,12-13,31H2,2-4H3. The summed E-state index contributed by atoms with van der Waals surface area (Å²) in [5.41, 5.74) is 14.0. The second-order valence-corrected chi connectivity index (χ2v) is 11.0. The summed E-state index contributed by atoms with van der Waals surface area (Å²) in [6, 6.07) is 3.98. The summed E-state index contributed by atoms with van der Waals surface area (Å²) < 4.78 is 3.96. The van der Waals surface area contributed by atoms with Crippen LogP contribution in [-0.2, 0) is 11.8 Å². The topological polar surface area (TPSA) is 119 Å². The van der Waals surface area contributed by atoms with Crippen molar-refractivity contribution < 1.29 is 4.79 Å². The molecule has 0 radical (unpaired) electrons. The zero-order valence-corrected chi connectivity index (χ0v) is 22.4. The SMILES string of the molecule is C=CC(=O)N1CC2(CC(n3nc(-c4cnc5c(c4)ncn5C)c(-c4c(Cl)c(C)cc(N)c4C=N)c3C)C2)C1. The summed E-state index contributed by atoms with van der Waals surface area (Å²) in [6.45, 7) is 9.07. The van der Waals surface area contributed by atoms with Crippen LogP contribution in [0.15, 0.2) is 37.3 Å². The number of nitrogens with one attached hydrogen (secondary N) is 1. The van der Waals surface area contributed by atoms with E-state index in [4.69, 9.17) is 27.8 Å². The van der Waals surface area contributed by atoms with Gasteiger partial charge < -0.3 is 20.6 Å². The highest BCUT2D eigenvalue weighted by molar-refractivity contribution is 6.35. The van der Waals surface area contributed by atoms with E-state index in [1.807, 2.05) is 42.6 Å². The number of anilines is 1. The molecule has 1 aromatic carbocycles. The molecule has 2 aliphatic rings. The van der Waals surface area contributed by atoms with E-state index in [0.717, 1.165) is 65.2 Å². The molecule has 4 heterocycles. The van der Waals surface area contributed by atoms with Gasteiger partial charge in [0.1, 0.15) is 11.2 Å². The summed E-state index contributed by atoms with van der Waals surface area (Å²) in [7, 11) is 1.91. The van der Waals surface area contributed by atoms with Crippen molar-refractivity contribution >= 4 is 40.6 Å². The van der Waals surface area contributed by atoms with E-state index in [1.165, 1.54) is 12.3 Å². The van der Waals surface area contributed by atoms with E-state index in [0.29, 0.717) is 21.8 Å². The maximum atomic E-state index is 12.0. The van der Waals surface area contributed by atoms with Crippen molar-refractivity contribution in [3.8, 4) is 22.4 Å². The summed E-state index contributed by atoms with van der Waals surface area (Å²) in [5.74, 6) is -0.0119. The lowest BCUT2D eigenvalue weighted by Crippen LogP contribution is -2.63. The van der Waals surface area contributed by atoms with Crippen molar-refractivity contribution in [1.29, 1.82) is 5.41 Å². The molecule has 1 saturated heterocycles. The molecule has 2 fully saturated rings. The van der Waals surface area contributed by atoms with Crippen LogP contribution in [0.1, 0.15) is 35.7 Å². The Morgan fingerprint density at radius 1 is 1.24 bits per heavy atom. The molecule has 4 aromatic rings. The van der Waals surface area contributed by atoms with Gasteiger partial charge in [-0.2, -0.15) is 5.10 Å². The van der Waals surface area contributed by atoms with Gasteiger partial charge in [0.05, 0.1) is 17.4 Å². The van der Waals surface area contributed by atoms with E-state index in [2.05, 4.69) is 21.2 Å². The number of halogens is 1. The first-order valence-electron chi connectivity index (χ1n) is 12.5. The molecular formula is C28H29ClN8O. The second-order valence-electron chi connectivity index (χ2n) is 10.7. The molecule has 3 aromatic heterocycles. The number of nitrogens with zero attached hydrogens (tertiary/aromatic N) is 6. The molecule has 9 nitrogen and oxygen atoms in total. The Balaban J connectivity index is 1.48. The number of aromatic nitrogens is 5. The number of imidazole rings is 1. The van der Waals surface area contributed by atoms with Crippen molar-refractivity contribution in [1.82, 2.24) is 29.2 Å². The fourth-order valence-electron chi connectivity index (χ4n) is 6.17. The van der Waals surface area contributed by atoms with E-state index in [9.17, 15) is 4.79 Å². The molecule has 1 spiro atoms. The normalized spacial score (nSPS) is 16.5. The van der Waals surface area contributed by atoms with Crippen molar-refractivity contribution in [2.45, 2.75) is 32.7 Å². The van der Waals surface area contributed by atoms with Crippen molar-refractivity contribution in [2.75, 3.05) is 18.8 Å². The molecule has 1 aliphatic carbocycles. The van der Waals surface area contributed by atoms with Crippen molar-refractivity contribution in [2.24, 2.45) is 12.5 Å². The van der Waals surface area contributed by atoms with Crippen LogP contribution < -0.4 is 5.73 Å². The molecule has 6 rings (SSSR count). The minimum atomic E-state index is -0.0119. The number of hydrogen-bond acceptors (Lipinski definition) is 6. The van der Waals surface area contributed by atoms with Gasteiger partial charge in [0.15, 0.2) is 5.65 Å². The maximum Gasteiger partial charge on any atom is 0.245 e. The van der Waals surface area contributed by atoms with E-state index >= 15 is 0 Å². The summed E-state index contributed by atoms with van der Waals surface area (Å²) >= 11 is 6.91. The highest BCUT2D eigenvalue weighted by Gasteiger charge is 2.54. The number of hydrogen-bond donors (Lipinski definition) is 2. The Kier molecular flexibility index (Phi) is 5.47. The zero-order chi connectivity index (χ0) is 26.9. The highest BCUT2D eigenvalue weighted by Crippen LogP contribution is 2.55. The average Bonchev–Trinajstić information content (AvgIpc) is 3.38. The lowest BCUT2D eigenvalue weighted by atomic mass is 9.60. The van der Waals surface area contributed by atoms with Gasteiger partial charge in [-0.3, -0.25) is 9.48 Å². The predicted octanol–water partition coefficient (Wildman–Crippen LogP) is 4.70. The number of nitrogen functional groups attached to an aromatic ring is 1. The van der Waals surface area contributed by atoms with Gasteiger partial charge in [-0.05, 0) is 50.5 Å². The molecule has 194 valence electrons. The largest absolute Gasteiger partial charge is 0.398 e. The third-order valence-corrected chi connectivity index (χ3v) is 8.60. The van der Waals surface area contributed by atoms with Gasteiger partial charge in [0.25, 0.3) is 0 Å². The molecular weight excluding hydrogens is 500 g/mol. The number of benzene rings is 1. The Bertz CT molecular complexity index is 1650. The van der Waals surface area contributed by atoms with Gasteiger partial charge in [-0.1, -0.05) is 18.2 Å². The monoisotopic (exact) mass is 528 g/mol. The van der Waals surface area contributed by atoms with Crippen LogP contribution >= 0.6 is 11.6 Å². The maximum absolute atomic E-state index is 12.0. The van der Waals surface area contributed by atoms with E-state index in [1.54, 1.807) is 12.4 Å². The third kappa shape index (κ3) is 3.49. The fraction of sp³-hybridized carbons (Fsp3) is 0.321. The Morgan fingerprint density at radius 2 is 1.97 bits per heavy atom. The number of nitrogens with two attached hydrogens (primary N) is 1. The molecule has 0 unspecified atom stereocenters. The number of carbonyl (C=O) groups is 1. The Hall–Kier alpha value is -3.98. The predicted molar refractivity (Wildman–Crippen MR) is 149 cm³/mol. The Labute approximate surface area is 225 Å². The molecule has 0 atom stereocenters. The molecule has 1 amide bonds. The molecule has 1 saturated carbocycles. The first kappa shape index (κ1) is 24.4. The van der Waals surface area contributed by atoms with Crippen molar-refractivity contribution in [3.63, 3.8) is 0 Å². The minimum absolute atomic E-state index is 0.0119. The Morgan fingerprint density at radius 3 is 2.66 bits per heavy atom. The smallest absolute Gasteiger partial charge is 0.245 e. The lowest BCUT2D eigenvalue weighted by Gasteiger charge is -2.58. The highest BCUT2D eigenvalue weighted by atomic mass is 35.5. The summed E-state index contributed by atoms with van der Waals surface area (Å²) in [4.78, 5) is 23.0.